The van der Waals surface area contributed by atoms with E-state index in [1.165, 1.54) is 23.0 Å². The Hall–Kier alpha value is -3.59. The third kappa shape index (κ3) is 3.75. The Kier molecular flexibility index (Phi) is 6.00. The third-order valence-electron chi connectivity index (χ3n) is 5.08. The summed E-state index contributed by atoms with van der Waals surface area (Å²) in [6, 6.07) is 6.34. The smallest absolute Gasteiger partial charge is 0.338 e. The second-order valence-electron chi connectivity index (χ2n) is 6.97. The number of allylic oxidation sites excluding steroid dienone is 1. The Bertz CT molecular complexity index is 1360. The number of nitrogens with zero attached hydrogens (tertiary/aromatic N) is 2. The van der Waals surface area contributed by atoms with Crippen molar-refractivity contribution in [3.8, 4) is 11.5 Å². The molecule has 0 radical (unpaired) electrons. The van der Waals surface area contributed by atoms with Gasteiger partial charge in [-0.25, -0.2) is 9.79 Å². The molecule has 0 bridgehead atoms. The molecule has 0 fully saturated rings. The number of furan rings is 1. The minimum absolute atomic E-state index is 0.208. The van der Waals surface area contributed by atoms with E-state index in [-0.39, 0.29) is 12.2 Å². The Labute approximate surface area is 187 Å². The number of ether oxygens (including phenoxy) is 3. The summed E-state index contributed by atoms with van der Waals surface area (Å²) < 4.78 is 23.2. The third-order valence-corrected chi connectivity index (χ3v) is 6.06. The number of carbonyl (C=O) groups is 1. The quantitative estimate of drug-likeness (QED) is 0.531. The Morgan fingerprint density at radius 2 is 2.03 bits per heavy atom. The first kappa shape index (κ1) is 21.6. The van der Waals surface area contributed by atoms with E-state index in [0.29, 0.717) is 37.7 Å². The van der Waals surface area contributed by atoms with Crippen LogP contribution < -0.4 is 24.4 Å². The van der Waals surface area contributed by atoms with Crippen LogP contribution in [-0.2, 0) is 9.53 Å². The second kappa shape index (κ2) is 8.88. The fraction of sp³-hybridized carbons (Fsp3) is 0.261. The lowest BCUT2D eigenvalue weighted by molar-refractivity contribution is -0.139. The molecule has 1 unspecified atom stereocenters. The van der Waals surface area contributed by atoms with Gasteiger partial charge in [0.2, 0.25) is 0 Å². The van der Waals surface area contributed by atoms with Gasteiger partial charge in [0.1, 0.15) is 0 Å². The lowest BCUT2D eigenvalue weighted by Gasteiger charge is -2.25. The van der Waals surface area contributed by atoms with Gasteiger partial charge in [0, 0.05) is 5.56 Å². The average Bonchev–Trinajstić information content (AvgIpc) is 3.40. The van der Waals surface area contributed by atoms with Gasteiger partial charge in [-0.1, -0.05) is 17.4 Å². The number of rotatable bonds is 6. The highest BCUT2D eigenvalue weighted by atomic mass is 32.1. The van der Waals surface area contributed by atoms with Crippen LogP contribution in [0.5, 0.6) is 11.5 Å². The van der Waals surface area contributed by atoms with E-state index in [9.17, 15) is 9.59 Å². The van der Waals surface area contributed by atoms with Crippen molar-refractivity contribution in [3.63, 3.8) is 0 Å². The van der Waals surface area contributed by atoms with Crippen molar-refractivity contribution in [1.29, 1.82) is 0 Å². The van der Waals surface area contributed by atoms with Crippen molar-refractivity contribution in [2.45, 2.75) is 19.9 Å². The lowest BCUT2D eigenvalue weighted by atomic mass is 9.95. The first-order valence-corrected chi connectivity index (χ1v) is 10.7. The molecule has 3 aromatic rings. The highest BCUT2D eigenvalue weighted by Gasteiger charge is 2.33. The number of esters is 1. The number of hydrogen-bond donors (Lipinski definition) is 0. The van der Waals surface area contributed by atoms with Crippen LogP contribution in [0.25, 0.3) is 6.08 Å². The summed E-state index contributed by atoms with van der Waals surface area (Å²) in [5.74, 6) is 0.517. The van der Waals surface area contributed by atoms with Crippen molar-refractivity contribution in [2.75, 3.05) is 20.8 Å². The maximum absolute atomic E-state index is 13.5. The van der Waals surface area contributed by atoms with E-state index in [0.717, 1.165) is 5.56 Å². The largest absolute Gasteiger partial charge is 0.493 e. The van der Waals surface area contributed by atoms with Crippen LogP contribution in [0.2, 0.25) is 0 Å². The van der Waals surface area contributed by atoms with E-state index in [4.69, 9.17) is 18.6 Å². The maximum Gasteiger partial charge on any atom is 0.338 e. The molecule has 0 saturated carbocycles. The zero-order valence-electron chi connectivity index (χ0n) is 18.1. The SMILES string of the molecule is CCOC(=O)C1=C(C)N=c2s/c(=C/c3ccoc3)c(=O)n2C1c1ccc(OC)c(OC)c1. The molecule has 2 aromatic heterocycles. The molecule has 0 N–H and O–H groups in total. The molecule has 1 aliphatic rings. The van der Waals surface area contributed by atoms with Gasteiger partial charge in [0.05, 0.1) is 55.2 Å². The standard InChI is InChI=1S/C23H22N2O6S/c1-5-31-22(27)19-13(2)24-23-25(21(26)18(32-23)10-14-8-9-30-12-14)20(19)15-6-7-16(28-3)17(11-15)29-4/h6-12,20H,5H2,1-4H3/b18-10+. The molecule has 3 heterocycles. The number of methoxy groups -OCH3 is 2. The number of aromatic nitrogens is 1. The molecule has 9 heteroatoms. The topological polar surface area (TPSA) is 92.3 Å². The summed E-state index contributed by atoms with van der Waals surface area (Å²) in [4.78, 5) is 31.4. The number of hydrogen-bond acceptors (Lipinski definition) is 8. The van der Waals surface area contributed by atoms with E-state index in [2.05, 4.69) is 4.99 Å². The van der Waals surface area contributed by atoms with Crippen LogP contribution in [0.15, 0.2) is 62.3 Å². The minimum Gasteiger partial charge on any atom is -0.493 e. The van der Waals surface area contributed by atoms with Gasteiger partial charge in [-0.3, -0.25) is 9.36 Å². The molecule has 0 saturated heterocycles. The predicted molar refractivity (Wildman–Crippen MR) is 119 cm³/mol. The van der Waals surface area contributed by atoms with Crippen LogP contribution in [0.1, 0.15) is 31.0 Å². The first-order valence-electron chi connectivity index (χ1n) is 9.92. The molecular weight excluding hydrogens is 432 g/mol. The summed E-state index contributed by atoms with van der Waals surface area (Å²) in [6.45, 7) is 3.69. The maximum atomic E-state index is 13.5. The van der Waals surface area contributed by atoms with Crippen molar-refractivity contribution in [3.05, 3.63) is 78.9 Å². The summed E-state index contributed by atoms with van der Waals surface area (Å²) in [5, 5.41) is 0. The van der Waals surface area contributed by atoms with Crippen LogP contribution in [0.3, 0.4) is 0 Å². The molecule has 8 nitrogen and oxygen atoms in total. The molecule has 32 heavy (non-hydrogen) atoms. The summed E-state index contributed by atoms with van der Waals surface area (Å²) in [7, 11) is 3.08. The number of carbonyl (C=O) groups excluding carboxylic acids is 1. The Morgan fingerprint density at radius 1 is 1.25 bits per heavy atom. The van der Waals surface area contributed by atoms with Crippen LogP contribution in [-0.4, -0.2) is 31.4 Å². The molecule has 1 aliphatic heterocycles. The van der Waals surface area contributed by atoms with Gasteiger partial charge in [0.15, 0.2) is 16.3 Å². The normalized spacial score (nSPS) is 15.9. The van der Waals surface area contributed by atoms with Gasteiger partial charge in [-0.05, 0) is 43.7 Å². The fourth-order valence-corrected chi connectivity index (χ4v) is 4.68. The van der Waals surface area contributed by atoms with Crippen LogP contribution in [0, 0.1) is 0 Å². The summed E-state index contributed by atoms with van der Waals surface area (Å²) in [5.41, 5.74) is 1.99. The molecule has 1 aromatic carbocycles. The van der Waals surface area contributed by atoms with Gasteiger partial charge in [0.25, 0.3) is 5.56 Å². The van der Waals surface area contributed by atoms with E-state index < -0.39 is 12.0 Å². The molecule has 1 atom stereocenters. The highest BCUT2D eigenvalue weighted by Crippen LogP contribution is 2.36. The van der Waals surface area contributed by atoms with Crippen LogP contribution >= 0.6 is 11.3 Å². The molecule has 0 spiro atoms. The zero-order valence-corrected chi connectivity index (χ0v) is 18.9. The van der Waals surface area contributed by atoms with Gasteiger partial charge in [-0.15, -0.1) is 0 Å². The van der Waals surface area contributed by atoms with Gasteiger partial charge >= 0.3 is 5.97 Å². The van der Waals surface area contributed by atoms with Crippen molar-refractivity contribution in [1.82, 2.24) is 4.57 Å². The van der Waals surface area contributed by atoms with Gasteiger partial charge in [-0.2, -0.15) is 0 Å². The summed E-state index contributed by atoms with van der Waals surface area (Å²) in [6.07, 6.45) is 4.83. The second-order valence-corrected chi connectivity index (χ2v) is 7.98. The molecule has 4 rings (SSSR count). The Morgan fingerprint density at radius 3 is 2.69 bits per heavy atom. The monoisotopic (exact) mass is 454 g/mol. The average molecular weight is 455 g/mol. The van der Waals surface area contributed by atoms with Crippen molar-refractivity contribution >= 4 is 23.4 Å². The minimum atomic E-state index is -0.725. The first-order chi connectivity index (χ1) is 15.5. The lowest BCUT2D eigenvalue weighted by Crippen LogP contribution is -2.39. The molecule has 0 aliphatic carbocycles. The van der Waals surface area contributed by atoms with Gasteiger partial charge < -0.3 is 18.6 Å². The van der Waals surface area contributed by atoms with Crippen LogP contribution in [0.4, 0.5) is 0 Å². The number of thiazole rings is 1. The summed E-state index contributed by atoms with van der Waals surface area (Å²) >= 11 is 1.25. The van der Waals surface area contributed by atoms with E-state index in [1.54, 1.807) is 63.8 Å². The number of benzene rings is 1. The Balaban J connectivity index is 1.98. The molecular formula is C23H22N2O6S. The zero-order chi connectivity index (χ0) is 22.8. The van der Waals surface area contributed by atoms with E-state index in [1.807, 2.05) is 0 Å². The molecule has 166 valence electrons. The highest BCUT2D eigenvalue weighted by molar-refractivity contribution is 7.07. The predicted octanol–water partition coefficient (Wildman–Crippen LogP) is 2.41. The fourth-order valence-electron chi connectivity index (χ4n) is 3.64. The van der Waals surface area contributed by atoms with E-state index >= 15 is 0 Å². The number of fused-ring (bicyclic) bond motifs is 1. The molecule has 0 amide bonds. The van der Waals surface area contributed by atoms with Crippen molar-refractivity contribution in [2.24, 2.45) is 4.99 Å². The van der Waals surface area contributed by atoms with Crippen molar-refractivity contribution < 1.29 is 23.4 Å².